The molecule has 0 radical (unpaired) electrons. The smallest absolute Gasteiger partial charge is 0.260 e. The topological polar surface area (TPSA) is 75.1 Å². The molecule has 7 nitrogen and oxygen atoms in total. The van der Waals surface area contributed by atoms with E-state index in [1.807, 2.05) is 31.2 Å². The van der Waals surface area contributed by atoms with Gasteiger partial charge in [0.2, 0.25) is 0 Å². The number of aliphatic hydroxyl groups is 1. The molecule has 32 heavy (non-hydrogen) atoms. The van der Waals surface area contributed by atoms with E-state index in [1.165, 1.54) is 11.3 Å². The van der Waals surface area contributed by atoms with Gasteiger partial charge in [0.25, 0.3) is 5.91 Å². The number of aliphatic hydroxyl groups excluding tert-OH is 1. The minimum Gasteiger partial charge on any atom is -0.493 e. The lowest BCUT2D eigenvalue weighted by Gasteiger charge is -2.29. The predicted octanol–water partition coefficient (Wildman–Crippen LogP) is 3.73. The number of hydrogen-bond donors (Lipinski definition) is 1. The van der Waals surface area contributed by atoms with Crippen LogP contribution in [0.15, 0.2) is 36.4 Å². The third-order valence-corrected chi connectivity index (χ3v) is 7.12. The molecule has 8 heteroatoms. The highest BCUT2D eigenvalue weighted by molar-refractivity contribution is 7.22. The first-order valence-corrected chi connectivity index (χ1v) is 11.6. The Morgan fingerprint density at radius 3 is 2.78 bits per heavy atom. The summed E-state index contributed by atoms with van der Waals surface area (Å²) in [7, 11) is 3.16. The quantitative estimate of drug-likeness (QED) is 0.558. The maximum atomic E-state index is 13.9. The van der Waals surface area contributed by atoms with Crippen LogP contribution < -0.4 is 14.4 Å². The van der Waals surface area contributed by atoms with E-state index >= 15 is 0 Å². The standard InChI is InChI=1S/C24H29N3O4S/c1-16-18(10-11-20(30-2)22(16)31-3)23(29)27(15-17-7-6-12-26(17)13-14-28)24-25-19-8-4-5-9-21(19)32-24/h4-5,8-11,17,28H,6-7,12-15H2,1-3H3/t17-/m0/s1. The number of carbonyl (C=O) groups excluding carboxylic acids is 1. The molecule has 0 spiro atoms. The Hall–Kier alpha value is -2.68. The van der Waals surface area contributed by atoms with Crippen molar-refractivity contribution >= 4 is 32.6 Å². The number of aromatic nitrogens is 1. The molecular weight excluding hydrogens is 426 g/mol. The molecule has 1 fully saturated rings. The van der Waals surface area contributed by atoms with Crippen LogP contribution in [0.3, 0.4) is 0 Å². The van der Waals surface area contributed by atoms with Crippen LogP contribution in [0.25, 0.3) is 10.2 Å². The van der Waals surface area contributed by atoms with Gasteiger partial charge in [0.1, 0.15) is 0 Å². The van der Waals surface area contributed by atoms with E-state index in [0.717, 1.165) is 35.2 Å². The molecule has 3 aromatic rings. The highest BCUT2D eigenvalue weighted by Gasteiger charge is 2.31. The minimum absolute atomic E-state index is 0.111. The normalized spacial score (nSPS) is 16.4. The van der Waals surface area contributed by atoms with Crippen molar-refractivity contribution in [2.75, 3.05) is 45.4 Å². The van der Waals surface area contributed by atoms with E-state index < -0.39 is 0 Å². The second-order valence-corrected chi connectivity index (χ2v) is 8.92. The molecule has 170 valence electrons. The number of carbonyl (C=O) groups is 1. The van der Waals surface area contributed by atoms with Crippen molar-refractivity contribution in [2.45, 2.75) is 25.8 Å². The molecule has 4 rings (SSSR count). The Balaban J connectivity index is 1.74. The summed E-state index contributed by atoms with van der Waals surface area (Å²) in [6.07, 6.45) is 2.04. The van der Waals surface area contributed by atoms with Crippen LogP contribution in [0.1, 0.15) is 28.8 Å². The maximum absolute atomic E-state index is 13.9. The van der Waals surface area contributed by atoms with Gasteiger partial charge in [-0.15, -0.1) is 0 Å². The summed E-state index contributed by atoms with van der Waals surface area (Å²) in [6, 6.07) is 11.7. The van der Waals surface area contributed by atoms with Gasteiger partial charge in [0.05, 0.1) is 31.0 Å². The zero-order chi connectivity index (χ0) is 22.7. The maximum Gasteiger partial charge on any atom is 0.260 e. The number of rotatable bonds is 8. The number of amides is 1. The fraction of sp³-hybridized carbons (Fsp3) is 0.417. The summed E-state index contributed by atoms with van der Waals surface area (Å²) < 4.78 is 12.0. The molecule has 2 aromatic carbocycles. The molecule has 0 aliphatic carbocycles. The third-order valence-electron chi connectivity index (χ3n) is 6.06. The lowest BCUT2D eigenvalue weighted by molar-refractivity contribution is 0.0975. The average Bonchev–Trinajstić information content (AvgIpc) is 3.43. The summed E-state index contributed by atoms with van der Waals surface area (Å²) in [4.78, 5) is 22.7. The van der Waals surface area contributed by atoms with Crippen LogP contribution in [0.4, 0.5) is 5.13 Å². The molecule has 1 aromatic heterocycles. The zero-order valence-electron chi connectivity index (χ0n) is 18.7. The minimum atomic E-state index is -0.113. The molecule has 1 saturated heterocycles. The second-order valence-electron chi connectivity index (χ2n) is 7.91. The van der Waals surface area contributed by atoms with Crippen molar-refractivity contribution in [3.05, 3.63) is 47.5 Å². The SMILES string of the molecule is COc1ccc(C(=O)N(C[C@@H]2CCCN2CCO)c2nc3ccccc3s2)c(C)c1OC. The number of methoxy groups -OCH3 is 2. The van der Waals surface area contributed by atoms with Gasteiger partial charge in [-0.05, 0) is 50.6 Å². The van der Waals surface area contributed by atoms with Gasteiger partial charge in [-0.25, -0.2) is 4.98 Å². The summed E-state index contributed by atoms with van der Waals surface area (Å²) in [5, 5.41) is 10.1. The number of benzene rings is 2. The number of thiazole rings is 1. The average molecular weight is 456 g/mol. The fourth-order valence-corrected chi connectivity index (χ4v) is 5.39. The molecule has 2 heterocycles. The molecule has 0 saturated carbocycles. The van der Waals surface area contributed by atoms with Gasteiger partial charge in [-0.2, -0.15) is 0 Å². The number of ether oxygens (including phenoxy) is 2. The van der Waals surface area contributed by atoms with Crippen LogP contribution in [0, 0.1) is 6.92 Å². The number of β-amino-alcohol motifs (C(OH)–C–C–N with tert-alkyl or cyclic N) is 1. The molecule has 1 aliphatic heterocycles. The lowest BCUT2D eigenvalue weighted by atomic mass is 10.1. The Labute approximate surface area is 192 Å². The monoisotopic (exact) mass is 455 g/mol. The fourth-order valence-electron chi connectivity index (χ4n) is 4.42. The van der Waals surface area contributed by atoms with E-state index in [2.05, 4.69) is 4.90 Å². The zero-order valence-corrected chi connectivity index (χ0v) is 19.5. The van der Waals surface area contributed by atoms with Crippen LogP contribution in [0.5, 0.6) is 11.5 Å². The first kappa shape index (κ1) is 22.5. The summed E-state index contributed by atoms with van der Waals surface area (Å²) in [5.41, 5.74) is 2.18. The number of anilines is 1. The van der Waals surface area contributed by atoms with E-state index in [-0.39, 0.29) is 18.6 Å². The highest BCUT2D eigenvalue weighted by Crippen LogP contribution is 2.36. The van der Waals surface area contributed by atoms with Crippen molar-refractivity contribution in [1.82, 2.24) is 9.88 Å². The summed E-state index contributed by atoms with van der Waals surface area (Å²) >= 11 is 1.52. The van der Waals surface area contributed by atoms with Gasteiger partial charge in [-0.3, -0.25) is 14.6 Å². The number of likely N-dealkylation sites (tertiary alicyclic amines) is 1. The molecule has 1 aliphatic rings. The summed E-state index contributed by atoms with van der Waals surface area (Å²) in [5.74, 6) is 1.04. The van der Waals surface area contributed by atoms with E-state index in [0.29, 0.717) is 35.3 Å². The second kappa shape index (κ2) is 9.85. The molecular formula is C24H29N3O4S. The van der Waals surface area contributed by atoms with Crippen LogP contribution >= 0.6 is 11.3 Å². The van der Waals surface area contributed by atoms with Crippen LogP contribution in [0.2, 0.25) is 0 Å². The Kier molecular flexibility index (Phi) is 6.93. The van der Waals surface area contributed by atoms with Gasteiger partial charge >= 0.3 is 0 Å². The van der Waals surface area contributed by atoms with Crippen LogP contribution in [-0.4, -0.2) is 67.4 Å². The summed E-state index contributed by atoms with van der Waals surface area (Å²) in [6.45, 7) is 4.05. The Morgan fingerprint density at radius 1 is 1.25 bits per heavy atom. The number of para-hydroxylation sites is 1. The first-order valence-electron chi connectivity index (χ1n) is 10.8. The van der Waals surface area contributed by atoms with Gasteiger partial charge < -0.3 is 14.6 Å². The number of fused-ring (bicyclic) bond motifs is 1. The van der Waals surface area contributed by atoms with Crippen molar-refractivity contribution in [3.63, 3.8) is 0 Å². The van der Waals surface area contributed by atoms with Crippen molar-refractivity contribution in [3.8, 4) is 11.5 Å². The van der Waals surface area contributed by atoms with E-state index in [9.17, 15) is 9.90 Å². The van der Waals surface area contributed by atoms with E-state index in [1.54, 1.807) is 31.3 Å². The van der Waals surface area contributed by atoms with Gasteiger partial charge in [0, 0.05) is 30.3 Å². The van der Waals surface area contributed by atoms with E-state index in [4.69, 9.17) is 14.5 Å². The van der Waals surface area contributed by atoms with Crippen molar-refractivity contribution < 1.29 is 19.4 Å². The Bertz CT molecular complexity index is 1070. The van der Waals surface area contributed by atoms with Gasteiger partial charge in [-0.1, -0.05) is 23.5 Å². The Morgan fingerprint density at radius 2 is 2.06 bits per heavy atom. The molecule has 1 amide bonds. The van der Waals surface area contributed by atoms with Crippen molar-refractivity contribution in [1.29, 1.82) is 0 Å². The third kappa shape index (κ3) is 4.30. The number of hydrogen-bond acceptors (Lipinski definition) is 7. The molecule has 0 unspecified atom stereocenters. The predicted molar refractivity (Wildman–Crippen MR) is 127 cm³/mol. The molecule has 0 bridgehead atoms. The first-order chi connectivity index (χ1) is 15.6. The number of nitrogens with zero attached hydrogens (tertiary/aromatic N) is 3. The van der Waals surface area contributed by atoms with Crippen LogP contribution in [-0.2, 0) is 0 Å². The lowest BCUT2D eigenvalue weighted by Crippen LogP contribution is -2.44. The van der Waals surface area contributed by atoms with Crippen molar-refractivity contribution in [2.24, 2.45) is 0 Å². The van der Waals surface area contributed by atoms with Gasteiger partial charge in [0.15, 0.2) is 16.6 Å². The highest BCUT2D eigenvalue weighted by atomic mass is 32.1. The largest absolute Gasteiger partial charge is 0.493 e. The molecule has 1 N–H and O–H groups in total. The molecule has 1 atom stereocenters.